The summed E-state index contributed by atoms with van der Waals surface area (Å²) < 4.78 is 37.8. The summed E-state index contributed by atoms with van der Waals surface area (Å²) >= 11 is 0. The predicted octanol–water partition coefficient (Wildman–Crippen LogP) is 4.06. The first-order valence-corrected chi connectivity index (χ1v) is 6.63. The minimum Gasteiger partial charge on any atom is -0.376 e. The van der Waals surface area contributed by atoms with Crippen LogP contribution in [0.2, 0.25) is 0 Å². The molecule has 0 aliphatic rings. The molecule has 22 heavy (non-hydrogen) atoms. The summed E-state index contributed by atoms with van der Waals surface area (Å²) in [6, 6.07) is 12.0. The van der Waals surface area contributed by atoms with Gasteiger partial charge in [-0.3, -0.25) is 4.79 Å². The number of alkyl halides is 3. The number of carbonyl (C=O) groups is 1. The third kappa shape index (κ3) is 4.25. The molecule has 2 rings (SSSR count). The molecule has 0 aliphatic carbocycles. The van der Waals surface area contributed by atoms with Crippen molar-refractivity contribution in [2.45, 2.75) is 13.1 Å². The highest BCUT2D eigenvalue weighted by Crippen LogP contribution is 2.30. The molecule has 2 aromatic carbocycles. The fourth-order valence-electron chi connectivity index (χ4n) is 1.90. The van der Waals surface area contributed by atoms with Crippen LogP contribution in [-0.4, -0.2) is 12.5 Å². The second kappa shape index (κ2) is 6.51. The number of para-hydroxylation sites is 1. The summed E-state index contributed by atoms with van der Waals surface area (Å²) in [5, 5.41) is 5.39. The molecule has 1 amide bonds. The van der Waals surface area contributed by atoms with Gasteiger partial charge in [-0.2, -0.15) is 13.2 Å². The fourth-order valence-corrected chi connectivity index (χ4v) is 1.90. The number of benzene rings is 2. The van der Waals surface area contributed by atoms with Gasteiger partial charge in [0.25, 0.3) is 0 Å². The van der Waals surface area contributed by atoms with E-state index in [1.807, 2.05) is 19.1 Å². The number of nitrogens with one attached hydrogen (secondary N) is 2. The van der Waals surface area contributed by atoms with Crippen LogP contribution in [0.4, 0.5) is 24.5 Å². The van der Waals surface area contributed by atoms with E-state index in [0.29, 0.717) is 5.69 Å². The van der Waals surface area contributed by atoms with Crippen molar-refractivity contribution in [3.05, 3.63) is 59.7 Å². The van der Waals surface area contributed by atoms with Gasteiger partial charge in [0.15, 0.2) is 0 Å². The standard InChI is InChI=1S/C16H15F3N2O/c1-11-5-2-3-8-14(11)21-15(22)10-20-13-7-4-6-12(9-13)16(17,18)19/h2-9,20H,10H2,1H3,(H,21,22). The van der Waals surface area contributed by atoms with Gasteiger partial charge in [-0.15, -0.1) is 0 Å². The van der Waals surface area contributed by atoms with E-state index < -0.39 is 11.7 Å². The summed E-state index contributed by atoms with van der Waals surface area (Å²) in [6.45, 7) is 1.74. The summed E-state index contributed by atoms with van der Waals surface area (Å²) in [5.74, 6) is -0.327. The number of rotatable bonds is 4. The number of amides is 1. The molecule has 0 saturated carbocycles. The lowest BCUT2D eigenvalue weighted by Gasteiger charge is -2.11. The zero-order valence-corrected chi connectivity index (χ0v) is 11.9. The normalized spacial score (nSPS) is 11.1. The highest BCUT2D eigenvalue weighted by molar-refractivity contribution is 5.94. The maximum Gasteiger partial charge on any atom is 0.416 e. The smallest absolute Gasteiger partial charge is 0.376 e. The summed E-state index contributed by atoms with van der Waals surface area (Å²) in [5.41, 5.74) is 1.08. The molecule has 0 spiro atoms. The largest absolute Gasteiger partial charge is 0.416 e. The van der Waals surface area contributed by atoms with Crippen molar-refractivity contribution in [2.75, 3.05) is 17.2 Å². The third-order valence-corrected chi connectivity index (χ3v) is 3.06. The monoisotopic (exact) mass is 308 g/mol. The van der Waals surface area contributed by atoms with E-state index in [0.717, 1.165) is 17.7 Å². The Hall–Kier alpha value is -2.50. The zero-order chi connectivity index (χ0) is 16.2. The lowest BCUT2D eigenvalue weighted by Crippen LogP contribution is -2.22. The summed E-state index contributed by atoms with van der Waals surface area (Å²) in [4.78, 5) is 11.8. The molecule has 2 N–H and O–H groups in total. The number of anilines is 2. The van der Waals surface area contributed by atoms with Gasteiger partial charge >= 0.3 is 6.18 Å². The maximum absolute atomic E-state index is 12.6. The van der Waals surface area contributed by atoms with Gasteiger partial charge in [-0.05, 0) is 36.8 Å². The molecule has 3 nitrogen and oxygen atoms in total. The Morgan fingerprint density at radius 2 is 1.82 bits per heavy atom. The van der Waals surface area contributed by atoms with E-state index in [1.54, 1.807) is 12.1 Å². The lowest BCUT2D eigenvalue weighted by atomic mass is 10.2. The lowest BCUT2D eigenvalue weighted by molar-refractivity contribution is -0.137. The van der Waals surface area contributed by atoms with Crippen molar-refractivity contribution in [3.63, 3.8) is 0 Å². The average molecular weight is 308 g/mol. The van der Waals surface area contributed by atoms with E-state index in [2.05, 4.69) is 10.6 Å². The highest BCUT2D eigenvalue weighted by Gasteiger charge is 2.30. The third-order valence-electron chi connectivity index (χ3n) is 3.06. The van der Waals surface area contributed by atoms with Crippen LogP contribution in [0, 0.1) is 6.92 Å². The number of halogens is 3. The molecule has 0 bridgehead atoms. The number of carbonyl (C=O) groups excluding carboxylic acids is 1. The fraction of sp³-hybridized carbons (Fsp3) is 0.188. The molecule has 0 aromatic heterocycles. The Morgan fingerprint density at radius 3 is 2.50 bits per heavy atom. The first kappa shape index (κ1) is 15.9. The van der Waals surface area contributed by atoms with Crippen LogP contribution in [0.25, 0.3) is 0 Å². The van der Waals surface area contributed by atoms with E-state index in [4.69, 9.17) is 0 Å². The van der Waals surface area contributed by atoms with Crippen LogP contribution in [-0.2, 0) is 11.0 Å². The van der Waals surface area contributed by atoms with Gasteiger partial charge in [0, 0.05) is 11.4 Å². The first-order valence-electron chi connectivity index (χ1n) is 6.63. The zero-order valence-electron chi connectivity index (χ0n) is 11.9. The van der Waals surface area contributed by atoms with Crippen LogP contribution < -0.4 is 10.6 Å². The molecule has 0 aliphatic heterocycles. The van der Waals surface area contributed by atoms with Gasteiger partial charge in [0.1, 0.15) is 0 Å². The molecule has 6 heteroatoms. The molecule has 0 unspecified atom stereocenters. The first-order chi connectivity index (χ1) is 10.4. The molecule has 116 valence electrons. The minimum atomic E-state index is -4.40. The van der Waals surface area contributed by atoms with Crippen molar-refractivity contribution in [1.82, 2.24) is 0 Å². The van der Waals surface area contributed by atoms with Crippen molar-refractivity contribution in [2.24, 2.45) is 0 Å². The molecule has 0 saturated heterocycles. The predicted molar refractivity (Wildman–Crippen MR) is 79.7 cm³/mol. The molecule has 0 radical (unpaired) electrons. The van der Waals surface area contributed by atoms with E-state index in [9.17, 15) is 18.0 Å². The summed E-state index contributed by atoms with van der Waals surface area (Å²) in [6.07, 6.45) is -4.40. The van der Waals surface area contributed by atoms with Crippen LogP contribution >= 0.6 is 0 Å². The molecular weight excluding hydrogens is 293 g/mol. The van der Waals surface area contributed by atoms with Gasteiger partial charge in [0.2, 0.25) is 5.91 Å². The van der Waals surface area contributed by atoms with E-state index in [1.165, 1.54) is 12.1 Å². The van der Waals surface area contributed by atoms with Gasteiger partial charge in [-0.25, -0.2) is 0 Å². The average Bonchev–Trinajstić information content (AvgIpc) is 2.47. The Bertz CT molecular complexity index is 668. The van der Waals surface area contributed by atoms with Crippen LogP contribution in [0.3, 0.4) is 0 Å². The minimum absolute atomic E-state index is 0.115. The highest BCUT2D eigenvalue weighted by atomic mass is 19.4. The number of hydrogen-bond acceptors (Lipinski definition) is 2. The van der Waals surface area contributed by atoms with E-state index >= 15 is 0 Å². The molecule has 0 fully saturated rings. The summed E-state index contributed by atoms with van der Waals surface area (Å²) in [7, 11) is 0. The Kier molecular flexibility index (Phi) is 4.70. The van der Waals surface area contributed by atoms with Crippen molar-refractivity contribution in [1.29, 1.82) is 0 Å². The SMILES string of the molecule is Cc1ccccc1NC(=O)CNc1cccc(C(F)(F)F)c1. The second-order valence-corrected chi connectivity index (χ2v) is 4.80. The topological polar surface area (TPSA) is 41.1 Å². The van der Waals surface area contributed by atoms with Gasteiger partial charge in [-0.1, -0.05) is 24.3 Å². The number of aryl methyl sites for hydroxylation is 1. The maximum atomic E-state index is 12.6. The molecule has 0 heterocycles. The van der Waals surface area contributed by atoms with Crippen LogP contribution in [0.15, 0.2) is 48.5 Å². The van der Waals surface area contributed by atoms with Crippen LogP contribution in [0.1, 0.15) is 11.1 Å². The van der Waals surface area contributed by atoms with Crippen LogP contribution in [0.5, 0.6) is 0 Å². The van der Waals surface area contributed by atoms with Crippen molar-refractivity contribution < 1.29 is 18.0 Å². The molecule has 2 aromatic rings. The quantitative estimate of drug-likeness (QED) is 0.894. The molecule has 0 atom stereocenters. The van der Waals surface area contributed by atoms with Crippen molar-refractivity contribution >= 4 is 17.3 Å². The second-order valence-electron chi connectivity index (χ2n) is 4.80. The molecular formula is C16H15F3N2O. The van der Waals surface area contributed by atoms with Crippen molar-refractivity contribution in [3.8, 4) is 0 Å². The van der Waals surface area contributed by atoms with Gasteiger partial charge in [0.05, 0.1) is 12.1 Å². The Balaban J connectivity index is 1.96. The Labute approximate surface area is 126 Å². The van der Waals surface area contributed by atoms with E-state index in [-0.39, 0.29) is 18.1 Å². The Morgan fingerprint density at radius 1 is 1.09 bits per heavy atom. The number of hydrogen-bond donors (Lipinski definition) is 2. The van der Waals surface area contributed by atoms with Gasteiger partial charge < -0.3 is 10.6 Å².